The Labute approximate surface area is 143 Å². The molecule has 24 heavy (non-hydrogen) atoms. The first kappa shape index (κ1) is 17.9. The van der Waals surface area contributed by atoms with Gasteiger partial charge >= 0.3 is 0 Å². The molecule has 0 fully saturated rings. The molecule has 1 heterocycles. The lowest BCUT2D eigenvalue weighted by Gasteiger charge is -2.22. The quantitative estimate of drug-likeness (QED) is 0.789. The maximum atomic E-state index is 12.6. The molecule has 128 valence electrons. The van der Waals surface area contributed by atoms with Gasteiger partial charge in [0.1, 0.15) is 11.4 Å². The highest BCUT2D eigenvalue weighted by Crippen LogP contribution is 2.25. The van der Waals surface area contributed by atoms with Crippen molar-refractivity contribution < 1.29 is 9.59 Å². The Kier molecular flexibility index (Phi) is 4.92. The molecule has 0 bridgehead atoms. The Morgan fingerprint density at radius 3 is 2.71 bits per heavy atom. The van der Waals surface area contributed by atoms with Crippen LogP contribution in [0.2, 0.25) is 0 Å². The SMILES string of the molecule is C=CC(C)(C)NC(=O)c1ccccc1C1=NC(C)(CCC)C(=O)N1. The summed E-state index contributed by atoms with van der Waals surface area (Å²) in [5.41, 5.74) is -0.189. The van der Waals surface area contributed by atoms with Gasteiger partial charge in [0.25, 0.3) is 11.8 Å². The van der Waals surface area contributed by atoms with Gasteiger partial charge in [-0.3, -0.25) is 14.6 Å². The molecule has 0 saturated carbocycles. The normalized spacial score (nSPS) is 20.3. The minimum atomic E-state index is -0.770. The maximum absolute atomic E-state index is 12.6. The van der Waals surface area contributed by atoms with Gasteiger partial charge in [-0.15, -0.1) is 6.58 Å². The van der Waals surface area contributed by atoms with Crippen molar-refractivity contribution in [1.82, 2.24) is 10.6 Å². The van der Waals surface area contributed by atoms with Crippen LogP contribution in [0.15, 0.2) is 41.9 Å². The van der Waals surface area contributed by atoms with E-state index in [1.54, 1.807) is 24.3 Å². The molecule has 2 amide bonds. The van der Waals surface area contributed by atoms with Crippen molar-refractivity contribution in [2.75, 3.05) is 0 Å². The third kappa shape index (κ3) is 3.55. The summed E-state index contributed by atoms with van der Waals surface area (Å²) in [4.78, 5) is 29.5. The van der Waals surface area contributed by atoms with Crippen LogP contribution in [0.4, 0.5) is 0 Å². The highest BCUT2D eigenvalue weighted by atomic mass is 16.2. The monoisotopic (exact) mass is 327 g/mol. The van der Waals surface area contributed by atoms with Gasteiger partial charge in [-0.2, -0.15) is 0 Å². The fourth-order valence-corrected chi connectivity index (χ4v) is 2.65. The molecular weight excluding hydrogens is 302 g/mol. The third-order valence-corrected chi connectivity index (χ3v) is 4.19. The first-order valence-corrected chi connectivity index (χ1v) is 8.19. The molecule has 2 N–H and O–H groups in total. The predicted molar refractivity (Wildman–Crippen MR) is 96.2 cm³/mol. The number of carbonyl (C=O) groups excluding carboxylic acids is 2. The molecule has 0 spiro atoms. The van der Waals surface area contributed by atoms with E-state index in [0.717, 1.165) is 6.42 Å². The molecule has 0 radical (unpaired) electrons. The zero-order valence-corrected chi connectivity index (χ0v) is 14.8. The van der Waals surface area contributed by atoms with Crippen LogP contribution in [0, 0.1) is 0 Å². The largest absolute Gasteiger partial charge is 0.344 e. The van der Waals surface area contributed by atoms with E-state index in [0.29, 0.717) is 23.4 Å². The smallest absolute Gasteiger partial charge is 0.253 e. The minimum Gasteiger partial charge on any atom is -0.344 e. The van der Waals surface area contributed by atoms with Gasteiger partial charge in [0.2, 0.25) is 0 Å². The molecule has 5 heteroatoms. The number of rotatable bonds is 6. The van der Waals surface area contributed by atoms with Crippen LogP contribution < -0.4 is 10.6 Å². The zero-order valence-electron chi connectivity index (χ0n) is 14.8. The lowest BCUT2D eigenvalue weighted by atomic mass is 9.97. The number of amidine groups is 1. The van der Waals surface area contributed by atoms with Crippen molar-refractivity contribution in [3.8, 4) is 0 Å². The van der Waals surface area contributed by atoms with Crippen molar-refractivity contribution >= 4 is 17.6 Å². The zero-order chi connectivity index (χ0) is 18.0. The summed E-state index contributed by atoms with van der Waals surface area (Å²) in [7, 11) is 0. The van der Waals surface area contributed by atoms with Crippen LogP contribution in [-0.2, 0) is 4.79 Å². The number of nitrogens with zero attached hydrogens (tertiary/aromatic N) is 1. The molecule has 1 unspecified atom stereocenters. The van der Waals surface area contributed by atoms with E-state index in [4.69, 9.17) is 0 Å². The van der Waals surface area contributed by atoms with Crippen molar-refractivity contribution in [3.05, 3.63) is 48.0 Å². The molecule has 1 atom stereocenters. The second-order valence-electron chi connectivity index (χ2n) is 6.86. The Morgan fingerprint density at radius 2 is 2.08 bits per heavy atom. The van der Waals surface area contributed by atoms with Crippen LogP contribution >= 0.6 is 0 Å². The van der Waals surface area contributed by atoms with Crippen molar-refractivity contribution in [3.63, 3.8) is 0 Å². The van der Waals surface area contributed by atoms with E-state index >= 15 is 0 Å². The summed E-state index contributed by atoms with van der Waals surface area (Å²) in [6, 6.07) is 7.15. The first-order chi connectivity index (χ1) is 11.2. The predicted octanol–water partition coefficient (Wildman–Crippen LogP) is 2.82. The molecule has 1 aromatic carbocycles. The third-order valence-electron chi connectivity index (χ3n) is 4.19. The van der Waals surface area contributed by atoms with Gasteiger partial charge in [0.15, 0.2) is 0 Å². The van der Waals surface area contributed by atoms with E-state index < -0.39 is 11.1 Å². The Morgan fingerprint density at radius 1 is 1.42 bits per heavy atom. The lowest BCUT2D eigenvalue weighted by Crippen LogP contribution is -2.42. The molecular formula is C19H25N3O2. The highest BCUT2D eigenvalue weighted by Gasteiger charge is 2.39. The van der Waals surface area contributed by atoms with Gasteiger partial charge in [0.05, 0.1) is 11.1 Å². The van der Waals surface area contributed by atoms with Gasteiger partial charge in [-0.05, 0) is 33.3 Å². The molecule has 0 aromatic heterocycles. The molecule has 1 aliphatic heterocycles. The summed E-state index contributed by atoms with van der Waals surface area (Å²) < 4.78 is 0. The highest BCUT2D eigenvalue weighted by molar-refractivity contribution is 6.18. The number of amides is 2. The van der Waals surface area contributed by atoms with Crippen molar-refractivity contribution in [2.45, 2.75) is 51.6 Å². The molecule has 1 aliphatic rings. The van der Waals surface area contributed by atoms with Crippen LogP contribution in [-0.4, -0.2) is 28.7 Å². The number of carbonyl (C=O) groups is 2. The summed E-state index contributed by atoms with van der Waals surface area (Å²) in [5, 5.41) is 5.75. The molecule has 0 saturated heterocycles. The van der Waals surface area contributed by atoms with Crippen LogP contribution in [0.25, 0.3) is 0 Å². The van der Waals surface area contributed by atoms with Gasteiger partial charge in [0, 0.05) is 5.56 Å². The van der Waals surface area contributed by atoms with E-state index in [2.05, 4.69) is 22.2 Å². The van der Waals surface area contributed by atoms with Gasteiger partial charge in [-0.1, -0.05) is 37.6 Å². The fourth-order valence-electron chi connectivity index (χ4n) is 2.65. The summed E-state index contributed by atoms with van der Waals surface area (Å²) in [5.74, 6) is 0.107. The number of benzene rings is 1. The topological polar surface area (TPSA) is 70.6 Å². The summed E-state index contributed by atoms with van der Waals surface area (Å²) >= 11 is 0. The van der Waals surface area contributed by atoms with Crippen LogP contribution in [0.1, 0.15) is 56.5 Å². The van der Waals surface area contributed by atoms with Crippen molar-refractivity contribution in [2.24, 2.45) is 4.99 Å². The standard InChI is InChI=1S/C19H25N3O2/c1-6-12-19(5)17(24)20-15(21-19)13-10-8-9-11-14(13)16(23)22-18(3,4)7-2/h7-11H,2,6,12H2,1,3-5H3,(H,22,23)(H,20,21,24). The molecule has 5 nitrogen and oxygen atoms in total. The second-order valence-corrected chi connectivity index (χ2v) is 6.86. The Bertz CT molecular complexity index is 706. The van der Waals surface area contributed by atoms with Crippen molar-refractivity contribution in [1.29, 1.82) is 0 Å². The number of nitrogens with one attached hydrogen (secondary N) is 2. The average Bonchev–Trinajstić information content (AvgIpc) is 2.82. The van der Waals surface area contributed by atoms with Crippen LogP contribution in [0.3, 0.4) is 0 Å². The second kappa shape index (κ2) is 6.59. The number of hydrogen-bond donors (Lipinski definition) is 2. The molecule has 2 rings (SSSR count). The van der Waals surface area contributed by atoms with Crippen LogP contribution in [0.5, 0.6) is 0 Å². The van der Waals surface area contributed by atoms with Gasteiger partial charge < -0.3 is 10.6 Å². The van der Waals surface area contributed by atoms with E-state index in [-0.39, 0.29) is 11.8 Å². The van der Waals surface area contributed by atoms with E-state index in [9.17, 15) is 9.59 Å². The van der Waals surface area contributed by atoms with Gasteiger partial charge in [-0.25, -0.2) is 0 Å². The average molecular weight is 327 g/mol. The Hall–Kier alpha value is -2.43. The first-order valence-electron chi connectivity index (χ1n) is 8.19. The number of aliphatic imine (C=N–C) groups is 1. The lowest BCUT2D eigenvalue weighted by molar-refractivity contribution is -0.123. The summed E-state index contributed by atoms with van der Waals surface area (Å²) in [6.45, 7) is 11.3. The van der Waals surface area contributed by atoms with E-state index in [1.165, 1.54) is 0 Å². The minimum absolute atomic E-state index is 0.124. The summed E-state index contributed by atoms with van der Waals surface area (Å²) in [6.07, 6.45) is 3.21. The van der Waals surface area contributed by atoms with E-state index in [1.807, 2.05) is 33.8 Å². The molecule has 0 aliphatic carbocycles. The Balaban J connectivity index is 2.38. The maximum Gasteiger partial charge on any atom is 0.253 e. The number of hydrogen-bond acceptors (Lipinski definition) is 3. The fraction of sp³-hybridized carbons (Fsp3) is 0.421. The molecule has 1 aromatic rings.